The summed E-state index contributed by atoms with van der Waals surface area (Å²) in [6, 6.07) is 8.59. The van der Waals surface area contributed by atoms with Crippen molar-refractivity contribution in [3.8, 4) is 0 Å². The minimum Gasteiger partial charge on any atom is -0.377 e. The molecule has 0 heterocycles. The summed E-state index contributed by atoms with van der Waals surface area (Å²) < 4.78 is 5.55. The lowest BCUT2D eigenvalue weighted by Gasteiger charge is -2.20. The van der Waals surface area contributed by atoms with Crippen LogP contribution in [0.15, 0.2) is 24.3 Å². The highest BCUT2D eigenvalue weighted by atomic mass is 16.5. The molecular formula is C15H25NO. The Morgan fingerprint density at radius 3 is 2.53 bits per heavy atom. The van der Waals surface area contributed by atoms with Gasteiger partial charge in [0, 0.05) is 18.7 Å². The molecule has 1 aromatic carbocycles. The molecule has 0 bridgehead atoms. The summed E-state index contributed by atoms with van der Waals surface area (Å²) in [5.41, 5.74) is 2.73. The molecule has 0 amide bonds. The SMILES string of the molecule is CCCOCc1cccc(CNC(C)(C)C)c1. The lowest BCUT2D eigenvalue weighted by molar-refractivity contribution is 0.121. The quantitative estimate of drug-likeness (QED) is 0.762. The molecule has 1 N–H and O–H groups in total. The first-order valence-corrected chi connectivity index (χ1v) is 6.42. The summed E-state index contributed by atoms with van der Waals surface area (Å²) in [7, 11) is 0. The standard InChI is InChI=1S/C15H25NO/c1-5-9-17-12-14-8-6-7-13(10-14)11-16-15(2,3)4/h6-8,10,16H,5,9,11-12H2,1-4H3. The minimum atomic E-state index is 0.161. The van der Waals surface area contributed by atoms with Crippen LogP contribution in [0, 0.1) is 0 Å². The topological polar surface area (TPSA) is 21.3 Å². The Hall–Kier alpha value is -0.860. The van der Waals surface area contributed by atoms with E-state index in [9.17, 15) is 0 Å². The van der Waals surface area contributed by atoms with Crippen molar-refractivity contribution in [1.29, 1.82) is 0 Å². The van der Waals surface area contributed by atoms with Crippen molar-refractivity contribution in [3.63, 3.8) is 0 Å². The van der Waals surface area contributed by atoms with Crippen LogP contribution in [0.1, 0.15) is 45.2 Å². The Morgan fingerprint density at radius 2 is 1.88 bits per heavy atom. The summed E-state index contributed by atoms with van der Waals surface area (Å²) in [5.74, 6) is 0. The zero-order valence-corrected chi connectivity index (χ0v) is 11.5. The van der Waals surface area contributed by atoms with Gasteiger partial charge >= 0.3 is 0 Å². The second kappa shape index (κ2) is 6.77. The van der Waals surface area contributed by atoms with E-state index in [0.717, 1.165) is 26.2 Å². The van der Waals surface area contributed by atoms with Gasteiger partial charge in [-0.05, 0) is 38.3 Å². The van der Waals surface area contributed by atoms with Crippen LogP contribution in [0.2, 0.25) is 0 Å². The van der Waals surface area contributed by atoms with Crippen LogP contribution >= 0.6 is 0 Å². The maximum absolute atomic E-state index is 5.55. The molecule has 0 radical (unpaired) electrons. The van der Waals surface area contributed by atoms with Crippen LogP contribution in [0.5, 0.6) is 0 Å². The van der Waals surface area contributed by atoms with Gasteiger partial charge in [-0.2, -0.15) is 0 Å². The maximum Gasteiger partial charge on any atom is 0.0716 e. The maximum atomic E-state index is 5.55. The number of hydrogen-bond acceptors (Lipinski definition) is 2. The van der Waals surface area contributed by atoms with E-state index < -0.39 is 0 Å². The predicted octanol–water partition coefficient (Wildman–Crippen LogP) is 3.50. The lowest BCUT2D eigenvalue weighted by atomic mass is 10.1. The van der Waals surface area contributed by atoms with Gasteiger partial charge in [0.1, 0.15) is 0 Å². The molecular weight excluding hydrogens is 210 g/mol. The van der Waals surface area contributed by atoms with Gasteiger partial charge in [0.15, 0.2) is 0 Å². The van der Waals surface area contributed by atoms with Gasteiger partial charge in [-0.3, -0.25) is 0 Å². The normalized spacial score (nSPS) is 11.8. The first-order valence-electron chi connectivity index (χ1n) is 6.42. The molecule has 0 aliphatic carbocycles. The third kappa shape index (κ3) is 6.44. The molecule has 0 aliphatic rings. The number of hydrogen-bond donors (Lipinski definition) is 1. The Kier molecular flexibility index (Phi) is 5.66. The Balaban J connectivity index is 2.48. The Bertz CT molecular complexity index is 328. The molecule has 2 heteroatoms. The highest BCUT2D eigenvalue weighted by molar-refractivity contribution is 5.23. The molecule has 0 unspecified atom stereocenters. The summed E-state index contributed by atoms with van der Waals surface area (Å²) in [6.07, 6.45) is 1.07. The van der Waals surface area contributed by atoms with E-state index in [1.54, 1.807) is 0 Å². The van der Waals surface area contributed by atoms with Crippen molar-refractivity contribution < 1.29 is 4.74 Å². The van der Waals surface area contributed by atoms with Crippen LogP contribution in [0.4, 0.5) is 0 Å². The number of ether oxygens (including phenoxy) is 1. The Labute approximate surface area is 105 Å². The van der Waals surface area contributed by atoms with Crippen molar-refractivity contribution in [1.82, 2.24) is 5.32 Å². The van der Waals surface area contributed by atoms with Crippen LogP contribution in [-0.2, 0) is 17.9 Å². The second-order valence-electron chi connectivity index (χ2n) is 5.48. The average Bonchev–Trinajstić information content (AvgIpc) is 2.27. The van der Waals surface area contributed by atoms with Crippen LogP contribution in [-0.4, -0.2) is 12.1 Å². The van der Waals surface area contributed by atoms with E-state index in [2.05, 4.69) is 57.3 Å². The van der Waals surface area contributed by atoms with Gasteiger partial charge in [0.25, 0.3) is 0 Å². The molecule has 0 atom stereocenters. The van der Waals surface area contributed by atoms with Crippen LogP contribution in [0.3, 0.4) is 0 Å². The predicted molar refractivity (Wildman–Crippen MR) is 73.0 cm³/mol. The highest BCUT2D eigenvalue weighted by Gasteiger charge is 2.08. The minimum absolute atomic E-state index is 0.161. The fourth-order valence-electron chi connectivity index (χ4n) is 1.53. The van der Waals surface area contributed by atoms with Gasteiger partial charge in [-0.25, -0.2) is 0 Å². The smallest absolute Gasteiger partial charge is 0.0716 e. The van der Waals surface area contributed by atoms with E-state index >= 15 is 0 Å². The summed E-state index contributed by atoms with van der Waals surface area (Å²) in [6.45, 7) is 11.1. The molecule has 0 aliphatic heterocycles. The van der Waals surface area contributed by atoms with E-state index in [-0.39, 0.29) is 5.54 Å². The second-order valence-corrected chi connectivity index (χ2v) is 5.48. The Morgan fingerprint density at radius 1 is 1.18 bits per heavy atom. The first-order chi connectivity index (χ1) is 8.01. The van der Waals surface area contributed by atoms with Crippen LogP contribution in [0.25, 0.3) is 0 Å². The number of benzene rings is 1. The third-order valence-corrected chi connectivity index (χ3v) is 2.43. The van der Waals surface area contributed by atoms with Crippen molar-refractivity contribution in [2.45, 2.75) is 52.8 Å². The molecule has 0 saturated carbocycles. The fraction of sp³-hybridized carbons (Fsp3) is 0.600. The average molecular weight is 235 g/mol. The summed E-state index contributed by atoms with van der Waals surface area (Å²) >= 11 is 0. The van der Waals surface area contributed by atoms with E-state index in [1.807, 2.05) is 0 Å². The molecule has 1 rings (SSSR count). The number of nitrogens with one attached hydrogen (secondary N) is 1. The molecule has 2 nitrogen and oxygen atoms in total. The molecule has 0 fully saturated rings. The van der Waals surface area contributed by atoms with Gasteiger partial charge in [0.2, 0.25) is 0 Å². The number of rotatable bonds is 6. The molecule has 0 saturated heterocycles. The molecule has 17 heavy (non-hydrogen) atoms. The van der Waals surface area contributed by atoms with Gasteiger partial charge in [-0.1, -0.05) is 31.2 Å². The zero-order valence-electron chi connectivity index (χ0n) is 11.5. The van der Waals surface area contributed by atoms with E-state index in [1.165, 1.54) is 11.1 Å². The first kappa shape index (κ1) is 14.2. The monoisotopic (exact) mass is 235 g/mol. The molecule has 0 aromatic heterocycles. The van der Waals surface area contributed by atoms with Gasteiger partial charge < -0.3 is 10.1 Å². The molecule has 1 aromatic rings. The van der Waals surface area contributed by atoms with E-state index in [0.29, 0.717) is 0 Å². The fourth-order valence-corrected chi connectivity index (χ4v) is 1.53. The lowest BCUT2D eigenvalue weighted by Crippen LogP contribution is -2.35. The van der Waals surface area contributed by atoms with Gasteiger partial charge in [0.05, 0.1) is 6.61 Å². The third-order valence-electron chi connectivity index (χ3n) is 2.43. The van der Waals surface area contributed by atoms with Crippen molar-refractivity contribution in [2.75, 3.05) is 6.61 Å². The van der Waals surface area contributed by atoms with E-state index in [4.69, 9.17) is 4.74 Å². The van der Waals surface area contributed by atoms with Gasteiger partial charge in [-0.15, -0.1) is 0 Å². The molecule has 96 valence electrons. The summed E-state index contributed by atoms with van der Waals surface area (Å²) in [4.78, 5) is 0. The molecule has 0 spiro atoms. The van der Waals surface area contributed by atoms with Crippen molar-refractivity contribution >= 4 is 0 Å². The largest absolute Gasteiger partial charge is 0.377 e. The summed E-state index contributed by atoms with van der Waals surface area (Å²) in [5, 5.41) is 3.49. The highest BCUT2D eigenvalue weighted by Crippen LogP contribution is 2.09. The van der Waals surface area contributed by atoms with Crippen LogP contribution < -0.4 is 5.32 Å². The van der Waals surface area contributed by atoms with Crippen molar-refractivity contribution in [3.05, 3.63) is 35.4 Å². The zero-order chi connectivity index (χ0) is 12.7. The van der Waals surface area contributed by atoms with Crippen molar-refractivity contribution in [2.24, 2.45) is 0 Å².